The topological polar surface area (TPSA) is 63.1 Å². The summed E-state index contributed by atoms with van der Waals surface area (Å²) in [5, 5.41) is 5.31. The van der Waals surface area contributed by atoms with Crippen molar-refractivity contribution in [3.8, 4) is 5.75 Å². The fourth-order valence-corrected chi connectivity index (χ4v) is 3.59. The fourth-order valence-electron chi connectivity index (χ4n) is 3.59. The average Bonchev–Trinajstić information content (AvgIpc) is 3.30. The minimum atomic E-state index is 0.0621. The first-order chi connectivity index (χ1) is 12.2. The quantitative estimate of drug-likeness (QED) is 0.795. The molecule has 6 heteroatoms. The summed E-state index contributed by atoms with van der Waals surface area (Å²) in [6.07, 6.45) is 6.95. The van der Waals surface area contributed by atoms with Crippen molar-refractivity contribution in [3.63, 3.8) is 0 Å². The standard InChI is InChI=1S/C19H22N4O2/c1-25-16-7-6-14-11-18(21-17(14)12-16)19(24)23-10-3-2-5-15(23)13-22-9-4-8-20-22/h4,6-9,11-12,15,21H,2-3,5,10,13H2,1H3/t15-/m0/s1. The molecule has 1 aliphatic rings. The number of carbonyl (C=O) groups is 1. The second-order valence-electron chi connectivity index (χ2n) is 6.51. The molecule has 1 fully saturated rings. The number of hydrogen-bond donors (Lipinski definition) is 1. The van der Waals surface area contributed by atoms with E-state index in [0.717, 1.165) is 49.0 Å². The number of benzene rings is 1. The van der Waals surface area contributed by atoms with Crippen molar-refractivity contribution >= 4 is 16.8 Å². The minimum Gasteiger partial charge on any atom is -0.497 e. The second-order valence-corrected chi connectivity index (χ2v) is 6.51. The van der Waals surface area contributed by atoms with E-state index in [4.69, 9.17) is 4.74 Å². The lowest BCUT2D eigenvalue weighted by Gasteiger charge is -2.35. The lowest BCUT2D eigenvalue weighted by atomic mass is 10.0. The van der Waals surface area contributed by atoms with Crippen molar-refractivity contribution in [2.24, 2.45) is 0 Å². The van der Waals surface area contributed by atoms with Gasteiger partial charge in [0.2, 0.25) is 0 Å². The number of nitrogens with zero attached hydrogens (tertiary/aromatic N) is 3. The molecule has 0 aliphatic carbocycles. The highest BCUT2D eigenvalue weighted by Gasteiger charge is 2.28. The van der Waals surface area contributed by atoms with Crippen LogP contribution < -0.4 is 4.74 Å². The van der Waals surface area contributed by atoms with Crippen LogP contribution in [-0.4, -0.2) is 45.3 Å². The van der Waals surface area contributed by atoms with E-state index in [-0.39, 0.29) is 11.9 Å². The molecule has 1 N–H and O–H groups in total. The molecular weight excluding hydrogens is 316 g/mol. The van der Waals surface area contributed by atoms with E-state index in [0.29, 0.717) is 5.69 Å². The van der Waals surface area contributed by atoms with Crippen LogP contribution in [-0.2, 0) is 6.54 Å². The van der Waals surface area contributed by atoms with Crippen LogP contribution in [0.5, 0.6) is 5.75 Å². The Labute approximate surface area is 146 Å². The summed E-state index contributed by atoms with van der Waals surface area (Å²) in [6, 6.07) is 9.83. The molecule has 2 aromatic heterocycles. The van der Waals surface area contributed by atoms with Crippen LogP contribution in [0.4, 0.5) is 0 Å². The van der Waals surface area contributed by atoms with Gasteiger partial charge in [0.1, 0.15) is 11.4 Å². The molecular formula is C19H22N4O2. The third-order valence-corrected chi connectivity index (χ3v) is 4.91. The van der Waals surface area contributed by atoms with Gasteiger partial charge in [-0.1, -0.05) is 0 Å². The van der Waals surface area contributed by atoms with Crippen molar-refractivity contribution in [2.45, 2.75) is 31.8 Å². The van der Waals surface area contributed by atoms with Crippen LogP contribution in [0.15, 0.2) is 42.7 Å². The van der Waals surface area contributed by atoms with E-state index in [9.17, 15) is 4.79 Å². The molecule has 0 spiro atoms. The second kappa shape index (κ2) is 6.63. The number of piperidine rings is 1. The maximum Gasteiger partial charge on any atom is 0.270 e. The summed E-state index contributed by atoms with van der Waals surface area (Å²) in [7, 11) is 1.64. The summed E-state index contributed by atoms with van der Waals surface area (Å²) in [6.45, 7) is 1.54. The summed E-state index contributed by atoms with van der Waals surface area (Å²) < 4.78 is 7.17. The van der Waals surface area contributed by atoms with E-state index in [2.05, 4.69) is 10.1 Å². The van der Waals surface area contributed by atoms with Crippen LogP contribution in [0.3, 0.4) is 0 Å². The van der Waals surface area contributed by atoms with Crippen molar-refractivity contribution in [2.75, 3.05) is 13.7 Å². The highest BCUT2D eigenvalue weighted by atomic mass is 16.5. The van der Waals surface area contributed by atoms with Crippen LogP contribution in [0.1, 0.15) is 29.8 Å². The van der Waals surface area contributed by atoms with E-state index in [1.54, 1.807) is 13.3 Å². The molecule has 4 rings (SSSR count). The van der Waals surface area contributed by atoms with Gasteiger partial charge in [0.15, 0.2) is 0 Å². The minimum absolute atomic E-state index is 0.0621. The third kappa shape index (κ3) is 3.12. The molecule has 0 bridgehead atoms. The number of amides is 1. The number of hydrogen-bond acceptors (Lipinski definition) is 3. The zero-order valence-corrected chi connectivity index (χ0v) is 14.3. The molecule has 1 amide bonds. The molecule has 0 saturated carbocycles. The molecule has 3 aromatic rings. The summed E-state index contributed by atoms with van der Waals surface area (Å²) in [5.74, 6) is 0.843. The zero-order valence-electron chi connectivity index (χ0n) is 14.3. The Morgan fingerprint density at radius 1 is 1.36 bits per heavy atom. The van der Waals surface area contributed by atoms with Gasteiger partial charge in [-0.2, -0.15) is 5.10 Å². The van der Waals surface area contributed by atoms with Gasteiger partial charge in [-0.3, -0.25) is 9.48 Å². The number of rotatable bonds is 4. The highest BCUT2D eigenvalue weighted by molar-refractivity contribution is 5.98. The maximum absolute atomic E-state index is 13.1. The van der Waals surface area contributed by atoms with Crippen LogP contribution in [0, 0.1) is 0 Å². The number of carbonyl (C=O) groups excluding carboxylic acids is 1. The van der Waals surface area contributed by atoms with Gasteiger partial charge in [0, 0.05) is 35.9 Å². The lowest BCUT2D eigenvalue weighted by Crippen LogP contribution is -2.46. The largest absolute Gasteiger partial charge is 0.497 e. The molecule has 25 heavy (non-hydrogen) atoms. The van der Waals surface area contributed by atoms with Gasteiger partial charge >= 0.3 is 0 Å². The molecule has 1 aromatic carbocycles. The average molecular weight is 338 g/mol. The van der Waals surface area contributed by atoms with Gasteiger partial charge in [-0.15, -0.1) is 0 Å². The Kier molecular flexibility index (Phi) is 4.17. The van der Waals surface area contributed by atoms with Crippen LogP contribution in [0.25, 0.3) is 10.9 Å². The number of aromatic nitrogens is 3. The van der Waals surface area contributed by atoms with Gasteiger partial charge in [-0.05, 0) is 43.5 Å². The van der Waals surface area contributed by atoms with Crippen molar-refractivity contribution in [3.05, 3.63) is 48.4 Å². The van der Waals surface area contributed by atoms with Gasteiger partial charge in [0.05, 0.1) is 19.7 Å². The molecule has 1 aliphatic heterocycles. The number of nitrogens with one attached hydrogen (secondary N) is 1. The number of methoxy groups -OCH3 is 1. The Hall–Kier alpha value is -2.76. The van der Waals surface area contributed by atoms with Crippen molar-refractivity contribution in [1.82, 2.24) is 19.7 Å². The molecule has 0 unspecified atom stereocenters. The first kappa shape index (κ1) is 15.7. The zero-order chi connectivity index (χ0) is 17.2. The summed E-state index contributed by atoms with van der Waals surface area (Å²) >= 11 is 0. The van der Waals surface area contributed by atoms with E-state index >= 15 is 0 Å². The molecule has 3 heterocycles. The van der Waals surface area contributed by atoms with Crippen LogP contribution >= 0.6 is 0 Å². The number of likely N-dealkylation sites (tertiary alicyclic amines) is 1. The van der Waals surface area contributed by atoms with E-state index in [1.807, 2.05) is 46.1 Å². The molecule has 1 atom stereocenters. The molecule has 6 nitrogen and oxygen atoms in total. The molecule has 1 saturated heterocycles. The SMILES string of the molecule is COc1ccc2cc(C(=O)N3CCCC[C@H]3Cn3cccn3)[nH]c2c1. The number of ether oxygens (including phenoxy) is 1. The highest BCUT2D eigenvalue weighted by Crippen LogP contribution is 2.25. The number of fused-ring (bicyclic) bond motifs is 1. The van der Waals surface area contributed by atoms with E-state index in [1.165, 1.54) is 0 Å². The maximum atomic E-state index is 13.1. The third-order valence-electron chi connectivity index (χ3n) is 4.91. The molecule has 130 valence electrons. The summed E-state index contributed by atoms with van der Waals surface area (Å²) in [4.78, 5) is 18.3. The predicted molar refractivity (Wildman–Crippen MR) is 95.8 cm³/mol. The molecule has 0 radical (unpaired) electrons. The predicted octanol–water partition coefficient (Wildman–Crippen LogP) is 3.07. The van der Waals surface area contributed by atoms with Crippen LogP contribution in [0.2, 0.25) is 0 Å². The van der Waals surface area contributed by atoms with Crippen molar-refractivity contribution in [1.29, 1.82) is 0 Å². The van der Waals surface area contributed by atoms with E-state index < -0.39 is 0 Å². The Balaban J connectivity index is 1.59. The number of aromatic amines is 1. The summed E-state index contributed by atoms with van der Waals surface area (Å²) in [5.41, 5.74) is 1.55. The first-order valence-electron chi connectivity index (χ1n) is 8.70. The first-order valence-corrected chi connectivity index (χ1v) is 8.70. The monoisotopic (exact) mass is 338 g/mol. The van der Waals surface area contributed by atoms with Gasteiger partial charge in [-0.25, -0.2) is 0 Å². The Morgan fingerprint density at radius 2 is 2.28 bits per heavy atom. The van der Waals surface area contributed by atoms with Gasteiger partial charge in [0.25, 0.3) is 5.91 Å². The fraction of sp³-hybridized carbons (Fsp3) is 0.368. The van der Waals surface area contributed by atoms with Gasteiger partial charge < -0.3 is 14.6 Å². The lowest BCUT2D eigenvalue weighted by molar-refractivity contribution is 0.0579. The number of H-pyrrole nitrogens is 1. The smallest absolute Gasteiger partial charge is 0.270 e. The normalized spacial score (nSPS) is 17.8. The Morgan fingerprint density at radius 3 is 3.08 bits per heavy atom. The Bertz CT molecular complexity index is 869. The van der Waals surface area contributed by atoms with Crippen molar-refractivity contribution < 1.29 is 9.53 Å².